The molecule has 3 nitrogen and oxygen atoms in total. The van der Waals surface area contributed by atoms with Crippen LogP contribution in [-0.2, 0) is 6.42 Å². The number of para-hydroxylation sites is 1. The molecule has 1 aromatic heterocycles. The number of hydrogen-bond acceptors (Lipinski definition) is 2. The van der Waals surface area contributed by atoms with Gasteiger partial charge in [0, 0.05) is 18.7 Å². The molecule has 2 aromatic rings. The number of benzene rings is 1. The van der Waals surface area contributed by atoms with Crippen LogP contribution in [0.1, 0.15) is 29.2 Å². The number of rotatable bonds is 2. The van der Waals surface area contributed by atoms with E-state index in [9.17, 15) is 0 Å². The molecule has 1 aliphatic carbocycles. The second-order valence-electron chi connectivity index (χ2n) is 4.74. The summed E-state index contributed by atoms with van der Waals surface area (Å²) in [5.74, 6) is 0.454. The lowest BCUT2D eigenvalue weighted by atomic mass is 10.1. The van der Waals surface area contributed by atoms with Gasteiger partial charge >= 0.3 is 0 Å². The van der Waals surface area contributed by atoms with Gasteiger partial charge in [-0.1, -0.05) is 18.2 Å². The van der Waals surface area contributed by atoms with Gasteiger partial charge in [-0.3, -0.25) is 0 Å². The first-order valence-corrected chi connectivity index (χ1v) is 6.14. The van der Waals surface area contributed by atoms with Crippen LogP contribution in [0.25, 0.3) is 5.69 Å². The summed E-state index contributed by atoms with van der Waals surface area (Å²) in [6, 6.07) is 8.33. The zero-order valence-electron chi connectivity index (χ0n) is 10.1. The van der Waals surface area contributed by atoms with Crippen molar-refractivity contribution in [3.63, 3.8) is 0 Å². The van der Waals surface area contributed by atoms with E-state index in [-0.39, 0.29) is 0 Å². The summed E-state index contributed by atoms with van der Waals surface area (Å²) in [4.78, 5) is 0. The van der Waals surface area contributed by atoms with Gasteiger partial charge in [0.15, 0.2) is 0 Å². The lowest BCUT2D eigenvalue weighted by molar-refractivity contribution is 0.650. The molecule has 0 radical (unpaired) electrons. The smallest absolute Gasteiger partial charge is 0.0704 e. The van der Waals surface area contributed by atoms with E-state index >= 15 is 0 Å². The monoisotopic (exact) mass is 227 g/mol. The number of fused-ring (bicyclic) bond motifs is 1. The van der Waals surface area contributed by atoms with Gasteiger partial charge in [-0.25, -0.2) is 4.68 Å². The standard InChI is InChI=1S/C14H17N3/c1-10-4-2-3-5-13(10)17-9-12-7-6-11(8-15)14(12)16-17/h2-5,9,11H,6-8,15H2,1H3. The van der Waals surface area contributed by atoms with Crippen molar-refractivity contribution in [3.05, 3.63) is 47.3 Å². The Labute approximate surface area is 101 Å². The van der Waals surface area contributed by atoms with Crippen molar-refractivity contribution >= 4 is 0 Å². The van der Waals surface area contributed by atoms with Gasteiger partial charge in [0.1, 0.15) is 0 Å². The maximum Gasteiger partial charge on any atom is 0.0704 e. The fourth-order valence-corrected chi connectivity index (χ4v) is 2.60. The molecule has 1 heterocycles. The van der Waals surface area contributed by atoms with E-state index in [1.165, 1.54) is 16.8 Å². The summed E-state index contributed by atoms with van der Waals surface area (Å²) in [7, 11) is 0. The number of hydrogen-bond donors (Lipinski definition) is 1. The molecule has 0 bridgehead atoms. The van der Waals surface area contributed by atoms with Crippen molar-refractivity contribution in [2.45, 2.75) is 25.7 Å². The highest BCUT2D eigenvalue weighted by atomic mass is 15.3. The lowest BCUT2D eigenvalue weighted by Crippen LogP contribution is -2.11. The van der Waals surface area contributed by atoms with E-state index in [0.717, 1.165) is 18.5 Å². The minimum absolute atomic E-state index is 0.454. The molecule has 1 atom stereocenters. The molecule has 0 amide bonds. The summed E-state index contributed by atoms with van der Waals surface area (Å²) in [6.07, 6.45) is 4.43. The minimum Gasteiger partial charge on any atom is -0.330 e. The fourth-order valence-electron chi connectivity index (χ4n) is 2.60. The first-order valence-electron chi connectivity index (χ1n) is 6.14. The average Bonchev–Trinajstić information content (AvgIpc) is 2.88. The summed E-state index contributed by atoms with van der Waals surface area (Å²) >= 11 is 0. The Balaban J connectivity index is 2.04. The summed E-state index contributed by atoms with van der Waals surface area (Å²) < 4.78 is 2.00. The third-order valence-corrected chi connectivity index (χ3v) is 3.62. The van der Waals surface area contributed by atoms with Crippen molar-refractivity contribution in [3.8, 4) is 5.69 Å². The molecule has 0 aliphatic heterocycles. The van der Waals surface area contributed by atoms with Gasteiger partial charge in [-0.05, 0) is 37.0 Å². The van der Waals surface area contributed by atoms with E-state index in [1.54, 1.807) is 0 Å². The molecular weight excluding hydrogens is 210 g/mol. The van der Waals surface area contributed by atoms with E-state index < -0.39 is 0 Å². The molecule has 1 aliphatic rings. The Morgan fingerprint density at radius 2 is 2.24 bits per heavy atom. The maximum absolute atomic E-state index is 5.78. The molecule has 1 unspecified atom stereocenters. The Bertz CT molecular complexity index is 542. The van der Waals surface area contributed by atoms with Crippen molar-refractivity contribution in [1.29, 1.82) is 0 Å². The van der Waals surface area contributed by atoms with Crippen molar-refractivity contribution in [1.82, 2.24) is 9.78 Å². The molecular formula is C14H17N3. The number of aromatic nitrogens is 2. The number of aryl methyl sites for hydroxylation is 2. The van der Waals surface area contributed by atoms with Crippen molar-refractivity contribution < 1.29 is 0 Å². The highest BCUT2D eigenvalue weighted by molar-refractivity contribution is 5.41. The van der Waals surface area contributed by atoms with Crippen LogP contribution >= 0.6 is 0 Å². The fraction of sp³-hybridized carbons (Fsp3) is 0.357. The third kappa shape index (κ3) is 1.67. The van der Waals surface area contributed by atoms with Gasteiger partial charge in [0.05, 0.1) is 11.4 Å². The predicted octanol–water partition coefficient (Wildman–Crippen LogP) is 2.17. The summed E-state index contributed by atoms with van der Waals surface area (Å²) in [5, 5.41) is 4.71. The van der Waals surface area contributed by atoms with Crippen LogP contribution in [0.5, 0.6) is 0 Å². The van der Waals surface area contributed by atoms with E-state index in [0.29, 0.717) is 12.5 Å². The third-order valence-electron chi connectivity index (χ3n) is 3.62. The van der Waals surface area contributed by atoms with Gasteiger partial charge in [0.2, 0.25) is 0 Å². The van der Waals surface area contributed by atoms with E-state index in [1.807, 2.05) is 4.68 Å². The second-order valence-corrected chi connectivity index (χ2v) is 4.74. The molecule has 1 aromatic carbocycles. The highest BCUT2D eigenvalue weighted by Gasteiger charge is 2.25. The largest absolute Gasteiger partial charge is 0.330 e. The van der Waals surface area contributed by atoms with Crippen molar-refractivity contribution in [2.24, 2.45) is 5.73 Å². The molecule has 88 valence electrons. The van der Waals surface area contributed by atoms with Crippen LogP contribution in [0.3, 0.4) is 0 Å². The molecule has 0 saturated heterocycles. The quantitative estimate of drug-likeness (QED) is 0.854. The Hall–Kier alpha value is -1.61. The van der Waals surface area contributed by atoms with Crippen LogP contribution < -0.4 is 5.73 Å². The SMILES string of the molecule is Cc1ccccc1-n1cc2c(n1)C(CN)CC2. The minimum atomic E-state index is 0.454. The normalized spacial score (nSPS) is 18.4. The van der Waals surface area contributed by atoms with Crippen molar-refractivity contribution in [2.75, 3.05) is 6.54 Å². The Kier molecular flexibility index (Phi) is 2.48. The Morgan fingerprint density at radius 3 is 3.00 bits per heavy atom. The average molecular weight is 227 g/mol. The Morgan fingerprint density at radius 1 is 1.41 bits per heavy atom. The second kappa shape index (κ2) is 4.00. The predicted molar refractivity (Wildman–Crippen MR) is 68.4 cm³/mol. The van der Waals surface area contributed by atoms with Crippen LogP contribution in [0.4, 0.5) is 0 Å². The molecule has 3 heteroatoms. The molecule has 0 spiro atoms. The van der Waals surface area contributed by atoms with Gasteiger partial charge in [0.25, 0.3) is 0 Å². The van der Waals surface area contributed by atoms with Crippen LogP contribution in [-0.4, -0.2) is 16.3 Å². The highest BCUT2D eigenvalue weighted by Crippen LogP contribution is 2.31. The van der Waals surface area contributed by atoms with E-state index in [4.69, 9.17) is 10.8 Å². The molecule has 0 saturated carbocycles. The molecule has 2 N–H and O–H groups in total. The first kappa shape index (κ1) is 10.5. The summed E-state index contributed by atoms with van der Waals surface area (Å²) in [6.45, 7) is 2.82. The van der Waals surface area contributed by atoms with E-state index in [2.05, 4.69) is 37.4 Å². The first-order chi connectivity index (χ1) is 8.29. The van der Waals surface area contributed by atoms with Crippen LogP contribution in [0.15, 0.2) is 30.5 Å². The van der Waals surface area contributed by atoms with Gasteiger partial charge in [-0.15, -0.1) is 0 Å². The summed E-state index contributed by atoms with van der Waals surface area (Å²) in [5.41, 5.74) is 10.8. The topological polar surface area (TPSA) is 43.8 Å². The van der Waals surface area contributed by atoms with Gasteiger partial charge < -0.3 is 5.73 Å². The number of nitrogens with zero attached hydrogens (tertiary/aromatic N) is 2. The number of nitrogens with two attached hydrogens (primary N) is 1. The van der Waals surface area contributed by atoms with Gasteiger partial charge in [-0.2, -0.15) is 5.10 Å². The lowest BCUT2D eigenvalue weighted by Gasteiger charge is -2.07. The van der Waals surface area contributed by atoms with Crippen LogP contribution in [0.2, 0.25) is 0 Å². The zero-order valence-corrected chi connectivity index (χ0v) is 10.1. The maximum atomic E-state index is 5.78. The molecule has 0 fully saturated rings. The zero-order chi connectivity index (χ0) is 11.8. The molecule has 17 heavy (non-hydrogen) atoms. The van der Waals surface area contributed by atoms with Crippen LogP contribution in [0, 0.1) is 6.92 Å². The molecule has 3 rings (SSSR count).